The minimum absolute atomic E-state index is 0.698. The van der Waals surface area contributed by atoms with Gasteiger partial charge in [0.05, 0.1) is 45.0 Å². The Morgan fingerprint density at radius 1 is 0.434 bits per heavy atom. The summed E-state index contributed by atoms with van der Waals surface area (Å²) >= 11 is 0. The maximum atomic E-state index is 5.08. The fourth-order valence-corrected chi connectivity index (χ4v) is 8.11. The van der Waals surface area contributed by atoms with Crippen LogP contribution in [0.15, 0.2) is 188 Å². The van der Waals surface area contributed by atoms with Crippen molar-refractivity contribution in [2.24, 2.45) is 0 Å². The van der Waals surface area contributed by atoms with Gasteiger partial charge in [-0.05, 0) is 72.8 Å². The lowest BCUT2D eigenvalue weighted by Crippen LogP contribution is -2.18. The van der Waals surface area contributed by atoms with E-state index in [9.17, 15) is 0 Å². The lowest BCUT2D eigenvalue weighted by molar-refractivity contribution is 1.09. The van der Waals surface area contributed by atoms with Crippen molar-refractivity contribution >= 4 is 49.8 Å². The van der Waals surface area contributed by atoms with Crippen LogP contribution < -0.4 is 4.90 Å². The second kappa shape index (κ2) is 11.7. The van der Waals surface area contributed by atoms with E-state index >= 15 is 0 Å². The Labute approximate surface area is 306 Å². The lowest BCUT2D eigenvalue weighted by atomic mass is 10.0. The van der Waals surface area contributed by atoms with Crippen molar-refractivity contribution in [3.63, 3.8) is 0 Å². The van der Waals surface area contributed by atoms with Gasteiger partial charge in [-0.3, -0.25) is 0 Å². The standard InChI is InChI=1S/C48H31N5/c1-4-13-32(14-5-1)39-31-40(33-15-6-2-7-16-33)50-48(49-39)35-23-25-37(26-24-35)52-41-21-11-10-20-38(41)45-42(52)27-28-44-47(45)51-30-29-34-17-12-22-43(46(34)51)53(44)36-18-8-3-9-19-36/h1-31H. The van der Waals surface area contributed by atoms with Crippen molar-refractivity contribution in [3.8, 4) is 45.3 Å². The van der Waals surface area contributed by atoms with Crippen molar-refractivity contribution in [1.82, 2.24) is 19.1 Å². The van der Waals surface area contributed by atoms with E-state index in [0.717, 1.165) is 56.2 Å². The average molecular weight is 678 g/mol. The van der Waals surface area contributed by atoms with E-state index in [4.69, 9.17) is 9.97 Å². The molecule has 53 heavy (non-hydrogen) atoms. The second-order valence-electron chi connectivity index (χ2n) is 13.5. The highest BCUT2D eigenvalue weighted by Crippen LogP contribution is 2.50. The monoisotopic (exact) mass is 677 g/mol. The minimum Gasteiger partial charge on any atom is -0.312 e. The number of para-hydroxylation sites is 3. The minimum atomic E-state index is 0.698. The molecule has 0 unspecified atom stereocenters. The molecule has 0 bridgehead atoms. The lowest BCUT2D eigenvalue weighted by Gasteiger charge is -2.33. The average Bonchev–Trinajstić information content (AvgIpc) is 3.82. The zero-order valence-corrected chi connectivity index (χ0v) is 28.6. The van der Waals surface area contributed by atoms with Crippen LogP contribution in [-0.4, -0.2) is 19.1 Å². The van der Waals surface area contributed by atoms with Crippen molar-refractivity contribution in [1.29, 1.82) is 0 Å². The van der Waals surface area contributed by atoms with Crippen LogP contribution in [0, 0.1) is 0 Å². The molecule has 0 N–H and O–H groups in total. The Morgan fingerprint density at radius 3 is 1.81 bits per heavy atom. The molecule has 0 aliphatic carbocycles. The molecule has 0 saturated heterocycles. The highest BCUT2D eigenvalue weighted by molar-refractivity contribution is 6.18. The molecule has 10 aromatic rings. The molecule has 3 aromatic heterocycles. The third kappa shape index (κ3) is 4.57. The summed E-state index contributed by atoms with van der Waals surface area (Å²) in [6.07, 6.45) is 2.23. The molecule has 0 spiro atoms. The molecular formula is C48H31N5. The van der Waals surface area contributed by atoms with Gasteiger partial charge < -0.3 is 14.0 Å². The highest BCUT2D eigenvalue weighted by atomic mass is 15.2. The van der Waals surface area contributed by atoms with E-state index in [1.165, 1.54) is 33.1 Å². The summed E-state index contributed by atoms with van der Waals surface area (Å²) in [5.41, 5.74) is 14.2. The van der Waals surface area contributed by atoms with Gasteiger partial charge in [-0.15, -0.1) is 0 Å². The number of aromatic nitrogens is 4. The van der Waals surface area contributed by atoms with E-state index in [-0.39, 0.29) is 0 Å². The van der Waals surface area contributed by atoms with Crippen LogP contribution in [0.2, 0.25) is 0 Å². The van der Waals surface area contributed by atoms with Crippen molar-refractivity contribution in [2.45, 2.75) is 0 Å². The maximum Gasteiger partial charge on any atom is 0.160 e. The zero-order valence-electron chi connectivity index (χ0n) is 28.6. The number of anilines is 3. The predicted molar refractivity (Wildman–Crippen MR) is 218 cm³/mol. The summed E-state index contributed by atoms with van der Waals surface area (Å²) in [5.74, 6) is 0.698. The van der Waals surface area contributed by atoms with E-state index in [0.29, 0.717) is 5.82 Å². The molecule has 5 nitrogen and oxygen atoms in total. The summed E-state index contributed by atoms with van der Waals surface area (Å²) in [4.78, 5) is 12.6. The highest BCUT2D eigenvalue weighted by Gasteiger charge is 2.29. The second-order valence-corrected chi connectivity index (χ2v) is 13.5. The molecule has 1 aliphatic heterocycles. The maximum absolute atomic E-state index is 5.08. The molecule has 0 saturated carbocycles. The first-order valence-electron chi connectivity index (χ1n) is 17.9. The molecule has 1 aliphatic rings. The molecule has 11 rings (SSSR count). The zero-order chi connectivity index (χ0) is 34.9. The summed E-state index contributed by atoms with van der Waals surface area (Å²) in [6, 6.07) is 64.3. The van der Waals surface area contributed by atoms with Gasteiger partial charge in [-0.1, -0.05) is 109 Å². The third-order valence-corrected chi connectivity index (χ3v) is 10.5. The van der Waals surface area contributed by atoms with Gasteiger partial charge in [-0.2, -0.15) is 0 Å². The van der Waals surface area contributed by atoms with Gasteiger partial charge >= 0.3 is 0 Å². The smallest absolute Gasteiger partial charge is 0.160 e. The van der Waals surface area contributed by atoms with Gasteiger partial charge in [0.15, 0.2) is 5.82 Å². The fraction of sp³-hybridized carbons (Fsp3) is 0. The summed E-state index contributed by atoms with van der Waals surface area (Å²) in [7, 11) is 0. The number of nitrogens with zero attached hydrogens (tertiary/aromatic N) is 5. The van der Waals surface area contributed by atoms with Crippen LogP contribution in [0.4, 0.5) is 17.1 Å². The van der Waals surface area contributed by atoms with Crippen LogP contribution in [0.3, 0.4) is 0 Å². The molecule has 0 atom stereocenters. The summed E-state index contributed by atoms with van der Waals surface area (Å²) in [5, 5.41) is 3.66. The van der Waals surface area contributed by atoms with Gasteiger partial charge in [0, 0.05) is 50.4 Å². The van der Waals surface area contributed by atoms with E-state index in [2.05, 4.69) is 166 Å². The first kappa shape index (κ1) is 29.5. The number of rotatable bonds is 5. The molecule has 0 radical (unpaired) electrons. The summed E-state index contributed by atoms with van der Waals surface area (Å²) < 4.78 is 4.78. The Hall–Kier alpha value is -7.24. The number of fused-ring (bicyclic) bond motifs is 6. The molecule has 5 heteroatoms. The van der Waals surface area contributed by atoms with Crippen molar-refractivity contribution < 1.29 is 0 Å². The van der Waals surface area contributed by atoms with E-state index in [1.807, 2.05) is 36.4 Å². The van der Waals surface area contributed by atoms with Crippen LogP contribution in [0.1, 0.15) is 0 Å². The molecule has 0 fully saturated rings. The van der Waals surface area contributed by atoms with Gasteiger partial charge in [-0.25, -0.2) is 9.97 Å². The Balaban J connectivity index is 1.10. The SMILES string of the molecule is c1ccc(-c2cc(-c3ccccc3)nc(-c3ccc(-n4c5ccccc5c5c6c(ccc54)N(c4ccccc4)c4cccc5ccn-6c45)cc3)n2)cc1. The van der Waals surface area contributed by atoms with Crippen LogP contribution in [-0.2, 0) is 0 Å². The Morgan fingerprint density at radius 2 is 1.09 bits per heavy atom. The number of hydrogen-bond donors (Lipinski definition) is 0. The number of hydrogen-bond acceptors (Lipinski definition) is 3. The fourth-order valence-electron chi connectivity index (χ4n) is 8.11. The third-order valence-electron chi connectivity index (χ3n) is 10.5. The van der Waals surface area contributed by atoms with Crippen molar-refractivity contribution in [2.75, 3.05) is 4.90 Å². The van der Waals surface area contributed by atoms with Gasteiger partial charge in [0.1, 0.15) is 0 Å². The molecule has 248 valence electrons. The Kier molecular flexibility index (Phi) is 6.48. The molecule has 4 heterocycles. The largest absolute Gasteiger partial charge is 0.312 e. The quantitative estimate of drug-likeness (QED) is 0.182. The first-order valence-corrected chi connectivity index (χ1v) is 17.9. The van der Waals surface area contributed by atoms with Crippen molar-refractivity contribution in [3.05, 3.63) is 188 Å². The number of benzene rings is 7. The van der Waals surface area contributed by atoms with Gasteiger partial charge in [0.2, 0.25) is 0 Å². The Bertz CT molecular complexity index is 2920. The predicted octanol–water partition coefficient (Wildman–Crippen LogP) is 12.3. The van der Waals surface area contributed by atoms with Crippen LogP contribution >= 0.6 is 0 Å². The first-order chi connectivity index (χ1) is 26.3. The summed E-state index contributed by atoms with van der Waals surface area (Å²) in [6.45, 7) is 0. The van der Waals surface area contributed by atoms with Crippen LogP contribution in [0.5, 0.6) is 0 Å². The van der Waals surface area contributed by atoms with Crippen LogP contribution in [0.25, 0.3) is 78.0 Å². The molecule has 7 aromatic carbocycles. The topological polar surface area (TPSA) is 38.9 Å². The molecular weight excluding hydrogens is 647 g/mol. The van der Waals surface area contributed by atoms with E-state index in [1.54, 1.807) is 0 Å². The normalized spacial score (nSPS) is 12.1. The van der Waals surface area contributed by atoms with Gasteiger partial charge in [0.25, 0.3) is 0 Å². The molecule has 0 amide bonds. The van der Waals surface area contributed by atoms with E-state index < -0.39 is 0 Å².